The van der Waals surface area contributed by atoms with Crippen molar-refractivity contribution in [3.8, 4) is 0 Å². The van der Waals surface area contributed by atoms with E-state index >= 15 is 0 Å². The van der Waals surface area contributed by atoms with Gasteiger partial charge in [0.2, 0.25) is 0 Å². The van der Waals surface area contributed by atoms with Gasteiger partial charge in [0, 0.05) is 23.9 Å². The smallest absolute Gasteiger partial charge is 0.373 e. The highest BCUT2D eigenvalue weighted by Gasteiger charge is 2.08. The molecule has 0 aromatic heterocycles. The third-order valence-electron chi connectivity index (χ3n) is 5.36. The quantitative estimate of drug-likeness (QED) is 0.145. The average Bonchev–Trinajstić information content (AvgIpc) is 3.35. The van der Waals surface area contributed by atoms with Crippen LogP contribution < -0.4 is 0 Å². The van der Waals surface area contributed by atoms with Crippen LogP contribution in [0.15, 0.2) is 82.1 Å². The number of thioether (sulfide) groups is 1. The van der Waals surface area contributed by atoms with Crippen molar-refractivity contribution in [2.24, 2.45) is 15.9 Å². The summed E-state index contributed by atoms with van der Waals surface area (Å²) in [4.78, 5) is 19.6. The zero-order valence-electron chi connectivity index (χ0n) is 22.6. The van der Waals surface area contributed by atoms with E-state index in [-0.39, 0.29) is 5.30 Å². The van der Waals surface area contributed by atoms with Gasteiger partial charge < -0.3 is 4.74 Å². The Morgan fingerprint density at radius 1 is 1.23 bits per heavy atom. The zero-order chi connectivity index (χ0) is 26.5. The van der Waals surface area contributed by atoms with Crippen LogP contribution in [-0.4, -0.2) is 23.7 Å². The lowest BCUT2D eigenvalue weighted by atomic mass is 9.91. The molecule has 0 amide bonds. The molecule has 0 spiro atoms. The molecular weight excluding hydrogens is 452 g/mol. The van der Waals surface area contributed by atoms with E-state index in [9.17, 15) is 4.79 Å². The molecule has 1 fully saturated rings. The minimum Gasteiger partial charge on any atom is -0.458 e. The summed E-state index contributed by atoms with van der Waals surface area (Å²) < 4.78 is 4.90. The molecule has 0 aromatic rings. The minimum atomic E-state index is -0.363. The molecule has 0 heterocycles. The van der Waals surface area contributed by atoms with Crippen molar-refractivity contribution in [1.82, 2.24) is 0 Å². The van der Waals surface area contributed by atoms with E-state index in [4.69, 9.17) is 4.74 Å². The molecule has 4 nitrogen and oxygen atoms in total. The molecular formula is C30H46N2O2S. The van der Waals surface area contributed by atoms with Crippen LogP contribution in [-0.2, 0) is 4.74 Å². The molecule has 2 aliphatic carbocycles. The van der Waals surface area contributed by atoms with E-state index in [0.29, 0.717) is 23.8 Å². The Balaban J connectivity index is 0.000000656. The van der Waals surface area contributed by atoms with Gasteiger partial charge in [-0.1, -0.05) is 95.1 Å². The van der Waals surface area contributed by atoms with Gasteiger partial charge in [-0.3, -0.25) is 9.98 Å². The number of allylic oxidation sites excluding steroid dienone is 9. The van der Waals surface area contributed by atoms with Crippen LogP contribution in [0.2, 0.25) is 0 Å². The maximum absolute atomic E-state index is 11.5. The van der Waals surface area contributed by atoms with Crippen molar-refractivity contribution in [1.29, 1.82) is 0 Å². The lowest BCUT2D eigenvalue weighted by molar-refractivity contribution is 0.182. The molecule has 0 N–H and O–H groups in total. The second-order valence-electron chi connectivity index (χ2n) is 8.58. The number of hydrogen-bond donors (Lipinski definition) is 0. The molecule has 0 atom stereocenters. The normalized spacial score (nSPS) is 16.3. The summed E-state index contributed by atoms with van der Waals surface area (Å²) in [7, 11) is 0. The summed E-state index contributed by atoms with van der Waals surface area (Å²) in [5.41, 5.74) is 3.79. The summed E-state index contributed by atoms with van der Waals surface area (Å²) in [6.07, 6.45) is 22.4. The Bertz CT molecular complexity index is 815. The number of rotatable bonds is 8. The average molecular weight is 499 g/mol. The Hall–Kier alpha value is -2.40. The fraction of sp³-hybridized carbons (Fsp3) is 0.500. The number of ether oxygens (including phenoxy) is 1. The van der Waals surface area contributed by atoms with Crippen LogP contribution in [0.3, 0.4) is 0 Å². The molecule has 2 rings (SSSR count). The molecule has 0 bridgehead atoms. The largest absolute Gasteiger partial charge is 0.458 e. The van der Waals surface area contributed by atoms with E-state index in [1.165, 1.54) is 44.1 Å². The predicted octanol–water partition coefficient (Wildman–Crippen LogP) is 9.78. The van der Waals surface area contributed by atoms with Gasteiger partial charge >= 0.3 is 5.30 Å². The number of hydrogen-bond acceptors (Lipinski definition) is 5. The van der Waals surface area contributed by atoms with Crippen LogP contribution >= 0.6 is 11.8 Å². The molecule has 0 aromatic carbocycles. The monoisotopic (exact) mass is 498 g/mol. The van der Waals surface area contributed by atoms with Crippen molar-refractivity contribution in [3.05, 3.63) is 72.2 Å². The maximum atomic E-state index is 11.5. The lowest BCUT2D eigenvalue weighted by Gasteiger charge is -2.15. The number of carbonyl (C=O) groups is 1. The summed E-state index contributed by atoms with van der Waals surface area (Å²) in [6, 6.07) is 0. The van der Waals surface area contributed by atoms with Crippen LogP contribution in [0.1, 0.15) is 86.0 Å². The maximum Gasteiger partial charge on any atom is 0.373 e. The fourth-order valence-electron chi connectivity index (χ4n) is 3.41. The van der Waals surface area contributed by atoms with Gasteiger partial charge in [-0.15, -0.1) is 0 Å². The van der Waals surface area contributed by atoms with Gasteiger partial charge in [0.15, 0.2) is 0 Å². The van der Waals surface area contributed by atoms with Gasteiger partial charge in [-0.2, -0.15) is 0 Å². The molecule has 5 heteroatoms. The first-order chi connectivity index (χ1) is 16.8. The first-order valence-corrected chi connectivity index (χ1v) is 13.5. The zero-order valence-corrected chi connectivity index (χ0v) is 23.5. The Morgan fingerprint density at radius 2 is 1.91 bits per heavy atom. The standard InChI is InChI=1S/C16H22N2O2S.C7H14.C7H10/c1-7-14(17-6)13(5)10-9-11-15(18-12(3)4)21-16(19)20-8-2;1-7-5-3-2-4-6-7;1-2-7-5-3-4-6-7/h7,9-10H,1,3,6,8,11H2,2,4-5H3;7H,2-6H2,1H3;3,5-6H,2,4H2,1H3/b10-9-,14-13+,18-15?;;. The molecule has 0 aliphatic heterocycles. The number of carbonyl (C=O) groups excluding carboxylic acids is 1. The van der Waals surface area contributed by atoms with E-state index in [1.54, 1.807) is 19.9 Å². The number of nitrogens with zero attached hydrogens (tertiary/aromatic N) is 2. The third kappa shape index (κ3) is 17.7. The fourth-order valence-corrected chi connectivity index (χ4v) is 4.16. The van der Waals surface area contributed by atoms with Gasteiger partial charge in [-0.05, 0) is 57.9 Å². The van der Waals surface area contributed by atoms with E-state index in [0.717, 1.165) is 35.4 Å². The van der Waals surface area contributed by atoms with Crippen LogP contribution in [0.4, 0.5) is 4.79 Å². The first kappa shape index (κ1) is 32.6. The molecule has 1 saturated carbocycles. The van der Waals surface area contributed by atoms with Crippen LogP contribution in [0, 0.1) is 5.92 Å². The molecule has 0 radical (unpaired) electrons. The molecule has 0 unspecified atom stereocenters. The highest BCUT2D eigenvalue weighted by atomic mass is 32.2. The van der Waals surface area contributed by atoms with Crippen molar-refractivity contribution in [2.75, 3.05) is 6.61 Å². The highest BCUT2D eigenvalue weighted by Crippen LogP contribution is 2.22. The van der Waals surface area contributed by atoms with Crippen LogP contribution in [0.25, 0.3) is 0 Å². The summed E-state index contributed by atoms with van der Waals surface area (Å²) in [5.74, 6) is 1.04. The second kappa shape index (κ2) is 20.9. The molecule has 2 aliphatic rings. The highest BCUT2D eigenvalue weighted by molar-refractivity contribution is 8.26. The molecule has 35 heavy (non-hydrogen) atoms. The first-order valence-electron chi connectivity index (χ1n) is 12.7. The molecule has 194 valence electrons. The topological polar surface area (TPSA) is 51.0 Å². The van der Waals surface area contributed by atoms with Crippen molar-refractivity contribution < 1.29 is 9.53 Å². The lowest BCUT2D eigenvalue weighted by Crippen LogP contribution is -2.02. The Labute approximate surface area is 218 Å². The van der Waals surface area contributed by atoms with E-state index < -0.39 is 0 Å². The van der Waals surface area contributed by atoms with Gasteiger partial charge in [0.05, 0.1) is 17.3 Å². The second-order valence-corrected chi connectivity index (χ2v) is 9.59. The molecule has 0 saturated heterocycles. The summed E-state index contributed by atoms with van der Waals surface area (Å²) in [6.45, 7) is 21.2. The minimum absolute atomic E-state index is 0.345. The van der Waals surface area contributed by atoms with Crippen molar-refractivity contribution >= 4 is 28.8 Å². The van der Waals surface area contributed by atoms with E-state index in [2.05, 4.69) is 61.9 Å². The van der Waals surface area contributed by atoms with Gasteiger partial charge in [-0.25, -0.2) is 4.79 Å². The number of aliphatic imine (C=N–C) groups is 2. The van der Waals surface area contributed by atoms with Crippen molar-refractivity contribution in [2.45, 2.75) is 86.0 Å². The summed E-state index contributed by atoms with van der Waals surface area (Å²) in [5, 5.41) is 0.273. The predicted molar refractivity (Wildman–Crippen MR) is 157 cm³/mol. The third-order valence-corrected chi connectivity index (χ3v) is 6.14. The van der Waals surface area contributed by atoms with E-state index in [1.807, 2.05) is 19.1 Å². The Kier molecular flexibility index (Phi) is 19.5. The Morgan fingerprint density at radius 3 is 2.31 bits per heavy atom. The van der Waals surface area contributed by atoms with Crippen molar-refractivity contribution in [3.63, 3.8) is 0 Å². The van der Waals surface area contributed by atoms with Gasteiger partial charge in [0.1, 0.15) is 0 Å². The van der Waals surface area contributed by atoms with Gasteiger partial charge in [0.25, 0.3) is 0 Å². The SMILES string of the molecule is C=C/C(N=C)=C(C)\C=C/CC(=NC(=C)C)SC(=O)OCC.CC1CCCCC1.CCC1=CCC=C1. The van der Waals surface area contributed by atoms with Crippen LogP contribution in [0.5, 0.6) is 0 Å². The summed E-state index contributed by atoms with van der Waals surface area (Å²) >= 11 is 0.974.